The number of carbonyl (C=O) groups excluding carboxylic acids is 1. The first kappa shape index (κ1) is 16.6. The maximum Gasteiger partial charge on any atom is 0.331 e. The van der Waals surface area contributed by atoms with Crippen molar-refractivity contribution in [2.24, 2.45) is 0 Å². The van der Waals surface area contributed by atoms with E-state index in [4.69, 9.17) is 0 Å². The van der Waals surface area contributed by atoms with Crippen molar-refractivity contribution in [2.75, 3.05) is 5.32 Å². The fourth-order valence-corrected chi connectivity index (χ4v) is 1.96. The first-order valence-electron chi connectivity index (χ1n) is 7.13. The van der Waals surface area contributed by atoms with Crippen LogP contribution >= 0.6 is 0 Å². The summed E-state index contributed by atoms with van der Waals surface area (Å²) < 4.78 is 1.29. The summed E-state index contributed by atoms with van der Waals surface area (Å²) >= 11 is 0. The molecule has 0 saturated carbocycles. The Labute approximate surface area is 133 Å². The molecule has 2 aromatic rings. The van der Waals surface area contributed by atoms with Gasteiger partial charge in [-0.3, -0.25) is 9.48 Å². The molecule has 0 aliphatic heterocycles. The lowest BCUT2D eigenvalue weighted by atomic mass is 10.0. The van der Waals surface area contributed by atoms with Crippen LogP contribution in [-0.2, 0) is 10.3 Å². The van der Waals surface area contributed by atoms with Gasteiger partial charge in [0.1, 0.15) is 6.33 Å². The summed E-state index contributed by atoms with van der Waals surface area (Å²) in [7, 11) is 0. The zero-order valence-electron chi connectivity index (χ0n) is 13.4. The number of amides is 1. The van der Waals surface area contributed by atoms with Crippen molar-refractivity contribution in [2.45, 2.75) is 39.2 Å². The monoisotopic (exact) mass is 317 g/mol. The van der Waals surface area contributed by atoms with E-state index in [-0.39, 0.29) is 11.8 Å². The summed E-state index contributed by atoms with van der Waals surface area (Å²) in [5, 5.41) is 15.9. The number of aliphatic carboxylic acids is 1. The highest BCUT2D eigenvalue weighted by Gasteiger charge is 2.30. The molecule has 0 aliphatic carbocycles. The number of hydrogen-bond acceptors (Lipinski definition) is 5. The number of rotatable bonds is 5. The first-order valence-corrected chi connectivity index (χ1v) is 7.13. The highest BCUT2D eigenvalue weighted by molar-refractivity contribution is 6.04. The van der Waals surface area contributed by atoms with Gasteiger partial charge in [0.05, 0.1) is 23.1 Å². The normalized spacial score (nSPS) is 11.5. The minimum atomic E-state index is -1.21. The summed E-state index contributed by atoms with van der Waals surface area (Å²) in [5.41, 5.74) is 0.230. The molecule has 0 radical (unpaired) electrons. The van der Waals surface area contributed by atoms with E-state index in [1.165, 1.54) is 43.4 Å². The third-order valence-electron chi connectivity index (χ3n) is 3.47. The number of nitrogens with one attached hydrogen (secondary N) is 1. The lowest BCUT2D eigenvalue weighted by Gasteiger charge is -2.19. The van der Waals surface area contributed by atoms with Crippen LogP contribution in [0.25, 0.3) is 0 Å². The van der Waals surface area contributed by atoms with Crippen molar-refractivity contribution in [1.82, 2.24) is 19.7 Å². The second-order valence-electron chi connectivity index (χ2n) is 5.97. The molecule has 0 aliphatic rings. The first-order chi connectivity index (χ1) is 10.7. The lowest BCUT2D eigenvalue weighted by Crippen LogP contribution is -2.35. The van der Waals surface area contributed by atoms with Gasteiger partial charge in [0.15, 0.2) is 5.54 Å². The van der Waals surface area contributed by atoms with E-state index in [0.29, 0.717) is 16.9 Å². The molecule has 0 spiro atoms. The van der Waals surface area contributed by atoms with Gasteiger partial charge >= 0.3 is 5.97 Å². The van der Waals surface area contributed by atoms with Crippen LogP contribution in [0.15, 0.2) is 24.9 Å². The Kier molecular flexibility index (Phi) is 4.44. The Balaban J connectivity index is 2.23. The van der Waals surface area contributed by atoms with Crippen LogP contribution in [0.5, 0.6) is 0 Å². The fraction of sp³-hybridized carbons (Fsp3) is 0.400. The van der Waals surface area contributed by atoms with E-state index in [1.807, 2.05) is 13.8 Å². The molecular weight excluding hydrogens is 298 g/mol. The average Bonchev–Trinajstić information content (AvgIpc) is 2.96. The van der Waals surface area contributed by atoms with Crippen LogP contribution in [0.3, 0.4) is 0 Å². The SMILES string of the molecule is CC(C)c1ncncc1C(=O)Nc1cnn(C(C)(C)C(=O)O)c1. The Morgan fingerprint density at radius 1 is 1.30 bits per heavy atom. The molecule has 0 aromatic carbocycles. The van der Waals surface area contributed by atoms with Gasteiger partial charge in [0.25, 0.3) is 5.91 Å². The van der Waals surface area contributed by atoms with Gasteiger partial charge < -0.3 is 10.4 Å². The average molecular weight is 317 g/mol. The predicted molar refractivity (Wildman–Crippen MR) is 83.3 cm³/mol. The molecule has 8 heteroatoms. The second kappa shape index (κ2) is 6.15. The Hall–Kier alpha value is -2.77. The van der Waals surface area contributed by atoms with E-state index in [1.54, 1.807) is 0 Å². The number of nitrogens with zero attached hydrogens (tertiary/aromatic N) is 4. The van der Waals surface area contributed by atoms with Crippen LogP contribution in [0.1, 0.15) is 49.7 Å². The molecule has 0 atom stereocenters. The number of carbonyl (C=O) groups is 2. The molecular formula is C15H19N5O3. The number of aromatic nitrogens is 4. The second-order valence-corrected chi connectivity index (χ2v) is 5.97. The van der Waals surface area contributed by atoms with Crippen molar-refractivity contribution in [3.05, 3.63) is 36.2 Å². The minimum Gasteiger partial charge on any atom is -0.479 e. The predicted octanol–water partition coefficient (Wildman–Crippen LogP) is 1.87. The largest absolute Gasteiger partial charge is 0.479 e. The third-order valence-corrected chi connectivity index (χ3v) is 3.47. The maximum atomic E-state index is 12.4. The zero-order valence-corrected chi connectivity index (χ0v) is 13.4. The molecule has 2 heterocycles. The molecule has 1 amide bonds. The van der Waals surface area contributed by atoms with Crippen molar-refractivity contribution < 1.29 is 14.7 Å². The van der Waals surface area contributed by atoms with Gasteiger partial charge in [-0.05, 0) is 19.8 Å². The van der Waals surface area contributed by atoms with Crippen molar-refractivity contribution in [1.29, 1.82) is 0 Å². The van der Waals surface area contributed by atoms with Gasteiger partial charge in [0.2, 0.25) is 0 Å². The van der Waals surface area contributed by atoms with Crippen LogP contribution in [-0.4, -0.2) is 36.7 Å². The summed E-state index contributed by atoms with van der Waals surface area (Å²) in [6, 6.07) is 0. The molecule has 0 fully saturated rings. The Morgan fingerprint density at radius 2 is 2.00 bits per heavy atom. The molecule has 0 bridgehead atoms. The zero-order chi connectivity index (χ0) is 17.2. The number of carboxylic acids is 1. The van der Waals surface area contributed by atoms with Crippen LogP contribution in [0, 0.1) is 0 Å². The lowest BCUT2D eigenvalue weighted by molar-refractivity contribution is -0.146. The van der Waals surface area contributed by atoms with Gasteiger partial charge in [-0.1, -0.05) is 13.8 Å². The standard InChI is InChI=1S/C15H19N5O3/c1-9(2)12-11(6-16-8-17-12)13(21)19-10-5-18-20(7-10)15(3,4)14(22)23/h5-9H,1-4H3,(H,19,21)(H,22,23). The molecule has 2 N–H and O–H groups in total. The van der Waals surface area contributed by atoms with E-state index >= 15 is 0 Å². The van der Waals surface area contributed by atoms with Crippen molar-refractivity contribution >= 4 is 17.6 Å². The summed E-state index contributed by atoms with van der Waals surface area (Å²) in [6.45, 7) is 6.92. The topological polar surface area (TPSA) is 110 Å². The van der Waals surface area contributed by atoms with E-state index in [0.717, 1.165) is 0 Å². The maximum absolute atomic E-state index is 12.4. The fourth-order valence-electron chi connectivity index (χ4n) is 1.96. The summed E-state index contributed by atoms with van der Waals surface area (Å²) in [4.78, 5) is 31.6. The molecule has 8 nitrogen and oxygen atoms in total. The third kappa shape index (κ3) is 3.36. The smallest absolute Gasteiger partial charge is 0.331 e. The van der Waals surface area contributed by atoms with E-state index in [2.05, 4.69) is 20.4 Å². The van der Waals surface area contributed by atoms with Gasteiger partial charge in [0, 0.05) is 12.4 Å². The van der Waals surface area contributed by atoms with Crippen LogP contribution < -0.4 is 5.32 Å². The summed E-state index contributed by atoms with van der Waals surface area (Å²) in [6.07, 6.45) is 5.75. The molecule has 23 heavy (non-hydrogen) atoms. The molecule has 2 aromatic heterocycles. The Morgan fingerprint density at radius 3 is 2.61 bits per heavy atom. The number of anilines is 1. The number of carboxylic acid groups (broad SMARTS) is 1. The van der Waals surface area contributed by atoms with Crippen LogP contribution in [0.2, 0.25) is 0 Å². The molecule has 0 saturated heterocycles. The highest BCUT2D eigenvalue weighted by Crippen LogP contribution is 2.19. The number of hydrogen-bond donors (Lipinski definition) is 2. The molecule has 2 rings (SSSR count). The Bertz CT molecular complexity index is 736. The van der Waals surface area contributed by atoms with Gasteiger partial charge in [-0.15, -0.1) is 0 Å². The van der Waals surface area contributed by atoms with Gasteiger partial charge in [-0.25, -0.2) is 14.8 Å². The highest BCUT2D eigenvalue weighted by atomic mass is 16.4. The molecule has 122 valence electrons. The molecule has 0 unspecified atom stereocenters. The van der Waals surface area contributed by atoms with Crippen molar-refractivity contribution in [3.63, 3.8) is 0 Å². The van der Waals surface area contributed by atoms with E-state index in [9.17, 15) is 14.7 Å². The quantitative estimate of drug-likeness (QED) is 0.871. The van der Waals surface area contributed by atoms with Crippen molar-refractivity contribution in [3.8, 4) is 0 Å². The van der Waals surface area contributed by atoms with Crippen LogP contribution in [0.4, 0.5) is 5.69 Å². The van der Waals surface area contributed by atoms with E-state index < -0.39 is 11.5 Å². The minimum absolute atomic E-state index is 0.0763. The summed E-state index contributed by atoms with van der Waals surface area (Å²) in [5.74, 6) is -1.30. The van der Waals surface area contributed by atoms with Gasteiger partial charge in [-0.2, -0.15) is 5.10 Å².